The quantitative estimate of drug-likeness (QED) is 0.846. The second-order valence-corrected chi connectivity index (χ2v) is 6.89. The smallest absolute Gasteiger partial charge is 0.119 e. The van der Waals surface area contributed by atoms with Crippen molar-refractivity contribution in [2.45, 2.75) is 38.0 Å². The summed E-state index contributed by atoms with van der Waals surface area (Å²) in [5, 5.41) is 11.2. The molecule has 2 atom stereocenters. The van der Waals surface area contributed by atoms with E-state index >= 15 is 0 Å². The van der Waals surface area contributed by atoms with Crippen LogP contribution in [0.1, 0.15) is 41.7 Å². The van der Waals surface area contributed by atoms with Crippen LogP contribution in [0.3, 0.4) is 0 Å². The van der Waals surface area contributed by atoms with E-state index in [1.54, 1.807) is 0 Å². The van der Waals surface area contributed by atoms with Crippen molar-refractivity contribution in [2.24, 2.45) is 5.73 Å². The average molecular weight is 362 g/mol. The van der Waals surface area contributed by atoms with Crippen LogP contribution in [0.4, 0.5) is 0 Å². The van der Waals surface area contributed by atoms with Gasteiger partial charge in [0.2, 0.25) is 0 Å². The zero-order valence-electron chi connectivity index (χ0n) is 14.3. The van der Waals surface area contributed by atoms with Gasteiger partial charge < -0.3 is 20.3 Å². The lowest BCUT2D eigenvalue weighted by molar-refractivity contribution is 0.0255. The van der Waals surface area contributed by atoms with Gasteiger partial charge in [0.1, 0.15) is 11.9 Å². The van der Waals surface area contributed by atoms with E-state index in [2.05, 4.69) is 0 Å². The van der Waals surface area contributed by atoms with E-state index in [9.17, 15) is 5.11 Å². The first-order valence-electron chi connectivity index (χ1n) is 8.58. The van der Waals surface area contributed by atoms with E-state index in [0.717, 1.165) is 48.5 Å². The Morgan fingerprint density at radius 3 is 2.40 bits per heavy atom. The fraction of sp³-hybridized carbons (Fsp3) is 0.400. The Hall–Kier alpha value is -1.59. The van der Waals surface area contributed by atoms with E-state index in [-0.39, 0.29) is 6.10 Å². The van der Waals surface area contributed by atoms with E-state index in [1.165, 1.54) is 0 Å². The van der Waals surface area contributed by atoms with Crippen molar-refractivity contribution in [3.8, 4) is 5.75 Å². The predicted molar refractivity (Wildman–Crippen MR) is 99.0 cm³/mol. The van der Waals surface area contributed by atoms with Crippen LogP contribution in [0.15, 0.2) is 42.5 Å². The molecule has 0 aliphatic carbocycles. The molecule has 0 amide bonds. The summed E-state index contributed by atoms with van der Waals surface area (Å²) in [5.41, 5.74) is 8.77. The van der Waals surface area contributed by atoms with Gasteiger partial charge in [-0.2, -0.15) is 0 Å². The number of aryl methyl sites for hydroxylation is 1. The topological polar surface area (TPSA) is 64.7 Å². The van der Waals surface area contributed by atoms with Gasteiger partial charge in [-0.25, -0.2) is 0 Å². The van der Waals surface area contributed by atoms with E-state index < -0.39 is 12.1 Å². The first-order valence-corrected chi connectivity index (χ1v) is 8.96. The van der Waals surface area contributed by atoms with Gasteiger partial charge in [0.15, 0.2) is 0 Å². The molecular formula is C20H24ClNO3. The molecule has 0 saturated carbocycles. The minimum atomic E-state index is -0.809. The lowest BCUT2D eigenvalue weighted by atomic mass is 9.96. The number of benzene rings is 2. The van der Waals surface area contributed by atoms with Gasteiger partial charge >= 0.3 is 0 Å². The summed E-state index contributed by atoms with van der Waals surface area (Å²) in [6.07, 6.45) is 1.20. The molecule has 2 unspecified atom stereocenters. The highest BCUT2D eigenvalue weighted by molar-refractivity contribution is 6.31. The minimum absolute atomic E-state index is 0.196. The summed E-state index contributed by atoms with van der Waals surface area (Å²) in [6, 6.07) is 12.6. The molecule has 25 heavy (non-hydrogen) atoms. The van der Waals surface area contributed by atoms with Gasteiger partial charge in [-0.3, -0.25) is 0 Å². The van der Waals surface area contributed by atoms with Crippen LogP contribution in [0.5, 0.6) is 5.75 Å². The van der Waals surface area contributed by atoms with Crippen molar-refractivity contribution in [1.29, 1.82) is 0 Å². The number of hydrogen-bond acceptors (Lipinski definition) is 4. The summed E-state index contributed by atoms with van der Waals surface area (Å²) in [7, 11) is 0. The second kappa shape index (κ2) is 8.19. The molecule has 0 spiro atoms. The van der Waals surface area contributed by atoms with Crippen molar-refractivity contribution in [1.82, 2.24) is 0 Å². The normalized spacial score (nSPS) is 17.9. The number of aliphatic hydroxyl groups is 1. The first kappa shape index (κ1) is 18.2. The summed E-state index contributed by atoms with van der Waals surface area (Å²) in [6.45, 7) is 3.43. The molecule has 0 bridgehead atoms. The predicted octanol–water partition coefficient (Wildman–Crippen LogP) is 3.94. The molecule has 1 heterocycles. The zero-order chi connectivity index (χ0) is 17.8. The summed E-state index contributed by atoms with van der Waals surface area (Å²) in [4.78, 5) is 0. The Labute approximate surface area is 153 Å². The van der Waals surface area contributed by atoms with Crippen LogP contribution < -0.4 is 10.5 Å². The Balaban J connectivity index is 1.66. The molecule has 4 nitrogen and oxygen atoms in total. The van der Waals surface area contributed by atoms with Crippen LogP contribution in [0, 0.1) is 6.92 Å². The highest BCUT2D eigenvalue weighted by Gasteiger charge is 2.20. The van der Waals surface area contributed by atoms with Crippen molar-refractivity contribution in [3.63, 3.8) is 0 Å². The minimum Gasteiger partial charge on any atom is -0.490 e. The lowest BCUT2D eigenvalue weighted by Crippen LogP contribution is -2.25. The molecule has 134 valence electrons. The zero-order valence-corrected chi connectivity index (χ0v) is 15.1. The van der Waals surface area contributed by atoms with Crippen LogP contribution in [0.25, 0.3) is 0 Å². The summed E-state index contributed by atoms with van der Waals surface area (Å²) in [5.74, 6) is 0.801. The Morgan fingerprint density at radius 2 is 1.76 bits per heavy atom. The monoisotopic (exact) mass is 361 g/mol. The van der Waals surface area contributed by atoms with E-state index in [0.29, 0.717) is 5.02 Å². The van der Waals surface area contributed by atoms with Gasteiger partial charge in [0.25, 0.3) is 0 Å². The molecule has 2 aromatic carbocycles. The number of nitrogens with two attached hydrogens (primary N) is 1. The molecular weight excluding hydrogens is 338 g/mol. The number of rotatable bonds is 5. The standard InChI is InChI=1S/C20H24ClNO3/c1-13-2-3-15(12-18(13)21)19(22)20(23)14-4-6-16(7-5-14)25-17-8-10-24-11-9-17/h2-7,12,17,19-20,23H,8-11,22H2,1H3. The molecule has 1 aliphatic heterocycles. The Morgan fingerprint density at radius 1 is 1.12 bits per heavy atom. The van der Waals surface area contributed by atoms with Gasteiger partial charge in [-0.15, -0.1) is 0 Å². The molecule has 1 saturated heterocycles. The van der Waals surface area contributed by atoms with Crippen LogP contribution in [0.2, 0.25) is 5.02 Å². The third-order valence-corrected chi connectivity index (χ3v) is 5.02. The third-order valence-electron chi connectivity index (χ3n) is 4.61. The van der Waals surface area contributed by atoms with Crippen molar-refractivity contribution < 1.29 is 14.6 Å². The third kappa shape index (κ3) is 4.53. The second-order valence-electron chi connectivity index (χ2n) is 6.48. The molecule has 0 aromatic heterocycles. The van der Waals surface area contributed by atoms with E-state index in [1.807, 2.05) is 49.4 Å². The maximum atomic E-state index is 10.6. The van der Waals surface area contributed by atoms with Crippen LogP contribution in [-0.4, -0.2) is 24.4 Å². The van der Waals surface area contributed by atoms with Gasteiger partial charge in [-0.05, 0) is 41.8 Å². The molecule has 2 aromatic rings. The van der Waals surface area contributed by atoms with Crippen molar-refractivity contribution >= 4 is 11.6 Å². The molecule has 3 N–H and O–H groups in total. The Bertz CT molecular complexity index is 699. The largest absolute Gasteiger partial charge is 0.490 e. The van der Waals surface area contributed by atoms with Crippen molar-refractivity contribution in [3.05, 3.63) is 64.2 Å². The summed E-state index contributed by atoms with van der Waals surface area (Å²) >= 11 is 6.16. The molecule has 1 aliphatic rings. The fourth-order valence-electron chi connectivity index (χ4n) is 2.94. The molecule has 1 fully saturated rings. The average Bonchev–Trinajstić information content (AvgIpc) is 2.64. The maximum absolute atomic E-state index is 10.6. The summed E-state index contributed by atoms with van der Waals surface area (Å²) < 4.78 is 11.3. The van der Waals surface area contributed by atoms with Crippen LogP contribution >= 0.6 is 11.6 Å². The van der Waals surface area contributed by atoms with Crippen molar-refractivity contribution in [2.75, 3.05) is 13.2 Å². The van der Waals surface area contributed by atoms with E-state index in [4.69, 9.17) is 26.8 Å². The maximum Gasteiger partial charge on any atom is 0.119 e. The fourth-order valence-corrected chi connectivity index (χ4v) is 3.12. The number of halogens is 1. The van der Waals surface area contributed by atoms with Gasteiger partial charge in [-0.1, -0.05) is 35.9 Å². The number of ether oxygens (including phenoxy) is 2. The SMILES string of the molecule is Cc1ccc(C(N)C(O)c2ccc(OC3CCOCC3)cc2)cc1Cl. The lowest BCUT2D eigenvalue weighted by Gasteiger charge is -2.24. The highest BCUT2D eigenvalue weighted by Crippen LogP contribution is 2.30. The number of aliphatic hydroxyl groups excluding tert-OH is 1. The Kier molecular flexibility index (Phi) is 5.97. The number of hydrogen-bond donors (Lipinski definition) is 2. The molecule has 5 heteroatoms. The first-order chi connectivity index (χ1) is 12.0. The van der Waals surface area contributed by atoms with Gasteiger partial charge in [0, 0.05) is 17.9 Å². The molecule has 0 radical (unpaired) electrons. The molecule has 3 rings (SSSR count). The van der Waals surface area contributed by atoms with Crippen LogP contribution in [-0.2, 0) is 4.74 Å². The highest BCUT2D eigenvalue weighted by atomic mass is 35.5. The van der Waals surface area contributed by atoms with Gasteiger partial charge in [0.05, 0.1) is 25.4 Å².